The lowest BCUT2D eigenvalue weighted by atomic mass is 9.74. The Hall–Kier alpha value is -3.89. The van der Waals surface area contributed by atoms with E-state index in [1.165, 1.54) is 6.92 Å². The molecule has 1 aromatic carbocycles. The third-order valence-electron chi connectivity index (χ3n) is 9.77. The highest BCUT2D eigenvalue weighted by Crippen LogP contribution is 2.56. The normalized spacial score (nSPS) is 30.3. The molecule has 0 spiro atoms. The fourth-order valence-corrected chi connectivity index (χ4v) is 6.82. The molecule has 0 amide bonds. The van der Waals surface area contributed by atoms with Gasteiger partial charge in [0.15, 0.2) is 6.10 Å². The van der Waals surface area contributed by atoms with Crippen molar-refractivity contribution in [1.82, 2.24) is 0 Å². The molecule has 2 aliphatic heterocycles. The van der Waals surface area contributed by atoms with E-state index in [9.17, 15) is 54.6 Å². The number of aliphatic hydroxyl groups is 3. The number of esters is 2. The number of carboxylic acids is 3. The Morgan fingerprint density at radius 3 is 2.14 bits per heavy atom. The maximum Gasteiger partial charge on any atom is 0.344 e. The van der Waals surface area contributed by atoms with Crippen molar-refractivity contribution in [2.24, 2.45) is 17.8 Å². The average Bonchev–Trinajstić information content (AvgIpc) is 3.25. The highest BCUT2D eigenvalue weighted by Gasteiger charge is 2.85. The summed E-state index contributed by atoms with van der Waals surface area (Å²) in [6.45, 7) is 12.6. The summed E-state index contributed by atoms with van der Waals surface area (Å²) in [5.74, 6) is -12.0. The van der Waals surface area contributed by atoms with Gasteiger partial charge in [0, 0.05) is 19.3 Å². The first-order chi connectivity index (χ1) is 23.3. The minimum Gasteiger partial charge on any atom is -0.479 e. The molecule has 0 aromatic heterocycles. The fourth-order valence-electron chi connectivity index (χ4n) is 6.82. The minimum atomic E-state index is -3.94. The molecule has 2 aliphatic rings. The summed E-state index contributed by atoms with van der Waals surface area (Å²) in [6, 6.07) is 9.24. The second kappa shape index (κ2) is 16.0. The van der Waals surface area contributed by atoms with Gasteiger partial charge in [0.05, 0.1) is 12.5 Å². The van der Waals surface area contributed by atoms with Crippen LogP contribution >= 0.6 is 0 Å². The van der Waals surface area contributed by atoms with Gasteiger partial charge in [-0.3, -0.25) is 9.59 Å². The molecule has 0 radical (unpaired) electrons. The summed E-state index contributed by atoms with van der Waals surface area (Å²) >= 11 is 0. The molecule has 2 bridgehead atoms. The summed E-state index contributed by atoms with van der Waals surface area (Å²) in [7, 11) is 0. The number of benzene rings is 1. The molecule has 278 valence electrons. The molecule has 2 saturated heterocycles. The predicted octanol–water partition coefficient (Wildman–Crippen LogP) is 2.08. The molecule has 50 heavy (non-hydrogen) atoms. The lowest BCUT2D eigenvalue weighted by Gasteiger charge is -2.48. The van der Waals surface area contributed by atoms with E-state index in [4.69, 9.17) is 18.9 Å². The first-order valence-electron chi connectivity index (χ1n) is 16.5. The lowest BCUT2D eigenvalue weighted by molar-refractivity contribution is -0.374. The van der Waals surface area contributed by atoms with Crippen LogP contribution < -0.4 is 0 Å². The lowest BCUT2D eigenvalue weighted by Crippen LogP contribution is -2.78. The van der Waals surface area contributed by atoms with Gasteiger partial charge >= 0.3 is 29.8 Å². The van der Waals surface area contributed by atoms with Crippen molar-refractivity contribution in [2.45, 2.75) is 121 Å². The van der Waals surface area contributed by atoms with Crippen LogP contribution in [0.4, 0.5) is 0 Å². The van der Waals surface area contributed by atoms with Crippen LogP contribution in [0.25, 0.3) is 0 Å². The van der Waals surface area contributed by atoms with E-state index in [0.29, 0.717) is 12.8 Å². The van der Waals surface area contributed by atoms with E-state index in [0.717, 1.165) is 12.0 Å². The van der Waals surface area contributed by atoms with E-state index >= 15 is 0 Å². The molecule has 11 atom stereocenters. The Kier molecular flexibility index (Phi) is 13.0. The Morgan fingerprint density at radius 1 is 1.00 bits per heavy atom. The van der Waals surface area contributed by atoms with Crippen LogP contribution in [-0.2, 0) is 49.3 Å². The highest BCUT2D eigenvalue weighted by molar-refractivity contribution is 5.98. The van der Waals surface area contributed by atoms with Gasteiger partial charge in [-0.15, -0.1) is 0 Å². The summed E-state index contributed by atoms with van der Waals surface area (Å²) in [6.07, 6.45) is -9.82. The van der Waals surface area contributed by atoms with Gasteiger partial charge in [0.2, 0.25) is 23.1 Å². The topological polar surface area (TPSA) is 244 Å². The number of ether oxygens (including phenoxy) is 4. The minimum absolute atomic E-state index is 0.197. The average molecular weight is 709 g/mol. The largest absolute Gasteiger partial charge is 0.479 e. The van der Waals surface area contributed by atoms with E-state index in [1.54, 1.807) is 13.8 Å². The summed E-state index contributed by atoms with van der Waals surface area (Å²) in [4.78, 5) is 63.2. The monoisotopic (exact) mass is 708 g/mol. The van der Waals surface area contributed by atoms with Crippen molar-refractivity contribution in [3.8, 4) is 0 Å². The Balaban J connectivity index is 2.00. The van der Waals surface area contributed by atoms with Crippen molar-refractivity contribution in [1.29, 1.82) is 0 Å². The van der Waals surface area contributed by atoms with Crippen molar-refractivity contribution in [3.05, 3.63) is 48.0 Å². The standard InChI is InChI=1S/C35H48O15/c1-7-18(2)15-20(4)24(37)17-25(38)48-28-27(39)33(49-29(30(40)41)34(46,31(42)43)35(28,50-33)32(44)45)14-13-19(3)26(47-22(6)36)21(5)16-23-11-9-8-10-12-23/h8-12,18,20-21,24,26-29,37,39,46H,3,7,13-17H2,1-2,4-6H3,(H,40,41)(H,42,43)(H,44,45). The summed E-state index contributed by atoms with van der Waals surface area (Å²) in [5, 5.41) is 64.3. The molecule has 2 fully saturated rings. The molecule has 0 aliphatic carbocycles. The second-order valence-corrected chi connectivity index (χ2v) is 13.6. The van der Waals surface area contributed by atoms with Crippen molar-refractivity contribution >= 4 is 29.8 Å². The van der Waals surface area contributed by atoms with Crippen LogP contribution in [0.1, 0.15) is 72.3 Å². The zero-order valence-corrected chi connectivity index (χ0v) is 28.8. The number of carboxylic acid groups (broad SMARTS) is 3. The Labute approximate surface area is 289 Å². The van der Waals surface area contributed by atoms with Gasteiger partial charge < -0.3 is 49.6 Å². The first-order valence-corrected chi connectivity index (χ1v) is 16.5. The van der Waals surface area contributed by atoms with Gasteiger partial charge in [-0.25, -0.2) is 14.4 Å². The summed E-state index contributed by atoms with van der Waals surface area (Å²) < 4.78 is 22.0. The Morgan fingerprint density at radius 2 is 1.62 bits per heavy atom. The van der Waals surface area contributed by atoms with E-state index in [2.05, 4.69) is 6.58 Å². The van der Waals surface area contributed by atoms with Crippen LogP contribution in [0.15, 0.2) is 42.5 Å². The SMILES string of the molecule is C=C(CCC12OC(C(=O)O)C(O)(C(=O)O)C(C(=O)O)(O1)C(OC(=O)CC(O)C(C)CC(C)CC)C2O)C(OC(C)=O)C(C)Cc1ccccc1. The van der Waals surface area contributed by atoms with Crippen molar-refractivity contribution in [2.75, 3.05) is 0 Å². The number of carbonyl (C=O) groups excluding carboxylic acids is 2. The first kappa shape index (κ1) is 40.5. The van der Waals surface area contributed by atoms with Crippen molar-refractivity contribution < 1.29 is 73.6 Å². The molecular formula is C35H48O15. The third kappa shape index (κ3) is 7.86. The Bertz CT molecular complexity index is 1430. The van der Waals surface area contributed by atoms with Crippen molar-refractivity contribution in [3.63, 3.8) is 0 Å². The smallest absolute Gasteiger partial charge is 0.344 e. The maximum absolute atomic E-state index is 13.2. The molecule has 15 heteroatoms. The number of hydrogen-bond donors (Lipinski definition) is 6. The zero-order valence-electron chi connectivity index (χ0n) is 28.8. The molecule has 1 aromatic rings. The molecular weight excluding hydrogens is 660 g/mol. The number of hydrogen-bond acceptors (Lipinski definition) is 12. The molecule has 3 rings (SSSR count). The van der Waals surface area contributed by atoms with Gasteiger partial charge in [-0.2, -0.15) is 0 Å². The van der Waals surface area contributed by atoms with E-state index in [1.807, 2.05) is 44.2 Å². The number of fused-ring (bicyclic) bond motifs is 2. The fraction of sp³-hybridized carbons (Fsp3) is 0.629. The quantitative estimate of drug-likeness (QED) is 0.0944. The number of aliphatic hydroxyl groups excluding tert-OH is 2. The summed E-state index contributed by atoms with van der Waals surface area (Å²) in [5.41, 5.74) is -6.41. The van der Waals surface area contributed by atoms with Gasteiger partial charge in [-0.1, -0.05) is 71.0 Å². The van der Waals surface area contributed by atoms with Crippen LogP contribution in [-0.4, -0.2) is 108 Å². The molecule has 15 nitrogen and oxygen atoms in total. The number of rotatable bonds is 18. The number of aliphatic carboxylic acids is 3. The van der Waals surface area contributed by atoms with Gasteiger partial charge in [0.25, 0.3) is 0 Å². The van der Waals surface area contributed by atoms with E-state index < -0.39 is 96.1 Å². The second-order valence-electron chi connectivity index (χ2n) is 13.6. The van der Waals surface area contributed by atoms with Crippen LogP contribution in [0.5, 0.6) is 0 Å². The zero-order chi connectivity index (χ0) is 37.8. The molecule has 6 N–H and O–H groups in total. The van der Waals surface area contributed by atoms with Crippen LogP contribution in [0, 0.1) is 17.8 Å². The predicted molar refractivity (Wildman–Crippen MR) is 172 cm³/mol. The third-order valence-corrected chi connectivity index (χ3v) is 9.77. The van der Waals surface area contributed by atoms with Gasteiger partial charge in [-0.05, 0) is 42.2 Å². The highest BCUT2D eigenvalue weighted by atomic mass is 16.8. The van der Waals surface area contributed by atoms with Crippen LogP contribution in [0.2, 0.25) is 0 Å². The van der Waals surface area contributed by atoms with E-state index in [-0.39, 0.29) is 23.8 Å². The van der Waals surface area contributed by atoms with Gasteiger partial charge in [0.1, 0.15) is 12.2 Å². The molecule has 11 unspecified atom stereocenters. The van der Waals surface area contributed by atoms with Crippen LogP contribution in [0.3, 0.4) is 0 Å². The maximum atomic E-state index is 13.2. The molecule has 2 heterocycles. The number of carbonyl (C=O) groups is 5. The molecule has 0 saturated carbocycles.